The van der Waals surface area contributed by atoms with Crippen LogP contribution in [0.1, 0.15) is 6.92 Å². The summed E-state index contributed by atoms with van der Waals surface area (Å²) in [5.41, 5.74) is 0.518. The maximum atomic E-state index is 13.2. The largest absolute Gasteiger partial charge is 0.326 e. The highest BCUT2D eigenvalue weighted by atomic mass is 32.2. The summed E-state index contributed by atoms with van der Waals surface area (Å²) in [6.07, 6.45) is 0. The number of carbonyl (C=O) groups excluding carboxylic acids is 1. The first-order valence-electron chi connectivity index (χ1n) is 6.20. The molecule has 1 amide bonds. The molecule has 0 aliphatic rings. The first-order chi connectivity index (χ1) is 10.5. The number of nitrogens with zero attached hydrogens (tertiary/aromatic N) is 1. The van der Waals surface area contributed by atoms with Crippen LogP contribution >= 0.6 is 11.9 Å². The number of rotatable bonds is 5. The van der Waals surface area contributed by atoms with Gasteiger partial charge in [0.15, 0.2) is 0 Å². The second-order valence-corrected chi connectivity index (χ2v) is 5.21. The molecule has 0 aliphatic carbocycles. The number of halogens is 1. The Morgan fingerprint density at radius 3 is 2.41 bits per heavy atom. The molecular formula is C14H12FN3O3S. The van der Waals surface area contributed by atoms with E-state index in [-0.39, 0.29) is 5.91 Å². The van der Waals surface area contributed by atoms with E-state index < -0.39 is 16.4 Å². The van der Waals surface area contributed by atoms with E-state index in [1.807, 2.05) is 0 Å². The number of hydrogen-bond acceptors (Lipinski definition) is 5. The van der Waals surface area contributed by atoms with E-state index in [4.69, 9.17) is 0 Å². The van der Waals surface area contributed by atoms with Crippen molar-refractivity contribution in [2.75, 3.05) is 10.0 Å². The predicted octanol–water partition coefficient (Wildman–Crippen LogP) is 3.81. The van der Waals surface area contributed by atoms with Crippen molar-refractivity contribution in [1.82, 2.24) is 0 Å². The Labute approximate surface area is 130 Å². The first-order valence-corrected chi connectivity index (χ1v) is 7.02. The van der Waals surface area contributed by atoms with Crippen molar-refractivity contribution in [3.8, 4) is 0 Å². The Morgan fingerprint density at radius 1 is 1.18 bits per heavy atom. The SMILES string of the molecule is CC(=O)Nc1ccc(SNc2ccc(F)c([N+](=O)[O-])c2)cc1. The number of nitro groups is 1. The highest BCUT2D eigenvalue weighted by molar-refractivity contribution is 8.00. The van der Waals surface area contributed by atoms with Crippen molar-refractivity contribution in [2.45, 2.75) is 11.8 Å². The van der Waals surface area contributed by atoms with E-state index >= 15 is 0 Å². The van der Waals surface area contributed by atoms with Gasteiger partial charge in [0.25, 0.3) is 0 Å². The predicted molar refractivity (Wildman–Crippen MR) is 83.3 cm³/mol. The summed E-state index contributed by atoms with van der Waals surface area (Å²) in [5.74, 6) is -1.03. The van der Waals surface area contributed by atoms with E-state index in [2.05, 4.69) is 10.0 Å². The third-order valence-electron chi connectivity index (χ3n) is 2.60. The van der Waals surface area contributed by atoms with Crippen LogP contribution in [0, 0.1) is 15.9 Å². The van der Waals surface area contributed by atoms with Crippen LogP contribution in [0.15, 0.2) is 47.4 Å². The number of anilines is 2. The van der Waals surface area contributed by atoms with Crippen LogP contribution < -0.4 is 10.0 Å². The molecule has 8 heteroatoms. The maximum Gasteiger partial charge on any atom is 0.306 e. The molecule has 0 fully saturated rings. The summed E-state index contributed by atoms with van der Waals surface area (Å²) in [7, 11) is 0. The third kappa shape index (κ3) is 4.19. The van der Waals surface area contributed by atoms with Crippen molar-refractivity contribution < 1.29 is 14.1 Å². The Bertz CT molecular complexity index is 707. The minimum atomic E-state index is -0.875. The monoisotopic (exact) mass is 321 g/mol. The average Bonchev–Trinajstić information content (AvgIpc) is 2.47. The summed E-state index contributed by atoms with van der Waals surface area (Å²) in [6, 6.07) is 10.6. The molecule has 2 rings (SSSR count). The highest BCUT2D eigenvalue weighted by Crippen LogP contribution is 2.26. The lowest BCUT2D eigenvalue weighted by atomic mass is 10.3. The van der Waals surface area contributed by atoms with Gasteiger partial charge in [0.2, 0.25) is 11.7 Å². The number of hydrogen-bond donors (Lipinski definition) is 2. The summed E-state index contributed by atoms with van der Waals surface area (Å²) < 4.78 is 16.1. The molecule has 6 nitrogen and oxygen atoms in total. The molecule has 0 spiro atoms. The number of amides is 1. The van der Waals surface area contributed by atoms with Crippen LogP contribution in [-0.4, -0.2) is 10.8 Å². The molecule has 0 heterocycles. The topological polar surface area (TPSA) is 84.3 Å². The van der Waals surface area contributed by atoms with E-state index in [0.717, 1.165) is 17.0 Å². The second kappa shape index (κ2) is 6.90. The zero-order chi connectivity index (χ0) is 16.1. The van der Waals surface area contributed by atoms with Gasteiger partial charge in [-0.1, -0.05) is 0 Å². The van der Waals surface area contributed by atoms with Gasteiger partial charge in [0.05, 0.1) is 10.6 Å². The lowest BCUT2D eigenvalue weighted by Gasteiger charge is -2.07. The van der Waals surface area contributed by atoms with E-state index in [1.54, 1.807) is 24.3 Å². The molecule has 0 aromatic heterocycles. The number of carbonyl (C=O) groups is 1. The minimum Gasteiger partial charge on any atom is -0.326 e. The van der Waals surface area contributed by atoms with Crippen LogP contribution in [-0.2, 0) is 4.79 Å². The summed E-state index contributed by atoms with van der Waals surface area (Å²) >= 11 is 1.22. The molecule has 114 valence electrons. The van der Waals surface area contributed by atoms with E-state index in [0.29, 0.717) is 11.4 Å². The Kier molecular flexibility index (Phi) is 4.95. The number of nitro benzene ring substituents is 1. The molecule has 22 heavy (non-hydrogen) atoms. The van der Waals surface area contributed by atoms with Crippen LogP contribution in [0.3, 0.4) is 0 Å². The van der Waals surface area contributed by atoms with E-state index in [1.165, 1.54) is 24.9 Å². The van der Waals surface area contributed by atoms with Crippen molar-refractivity contribution >= 4 is 34.9 Å². The molecule has 0 unspecified atom stereocenters. The fraction of sp³-hybridized carbons (Fsp3) is 0.0714. The van der Waals surface area contributed by atoms with Crippen LogP contribution in [0.2, 0.25) is 0 Å². The zero-order valence-electron chi connectivity index (χ0n) is 11.5. The summed E-state index contributed by atoms with van der Waals surface area (Å²) in [6.45, 7) is 1.42. The first kappa shape index (κ1) is 15.8. The molecule has 2 N–H and O–H groups in total. The Hall–Kier alpha value is -2.61. The smallest absolute Gasteiger partial charge is 0.306 e. The van der Waals surface area contributed by atoms with Gasteiger partial charge in [-0.15, -0.1) is 0 Å². The average molecular weight is 321 g/mol. The fourth-order valence-corrected chi connectivity index (χ4v) is 2.28. The summed E-state index contributed by atoms with van der Waals surface area (Å²) in [4.78, 5) is 21.6. The molecule has 0 radical (unpaired) electrons. The molecular weight excluding hydrogens is 309 g/mol. The molecule has 0 atom stereocenters. The fourth-order valence-electron chi connectivity index (χ4n) is 1.64. The highest BCUT2D eigenvalue weighted by Gasteiger charge is 2.14. The second-order valence-electron chi connectivity index (χ2n) is 4.33. The normalized spacial score (nSPS) is 10.1. The van der Waals surface area contributed by atoms with Crippen LogP contribution in [0.25, 0.3) is 0 Å². The lowest BCUT2D eigenvalue weighted by Crippen LogP contribution is -2.05. The van der Waals surface area contributed by atoms with Crippen molar-refractivity contribution in [3.63, 3.8) is 0 Å². The van der Waals surface area contributed by atoms with Crippen molar-refractivity contribution in [2.24, 2.45) is 0 Å². The van der Waals surface area contributed by atoms with Gasteiger partial charge in [-0.3, -0.25) is 14.9 Å². The Balaban J connectivity index is 2.02. The van der Waals surface area contributed by atoms with Gasteiger partial charge in [-0.25, -0.2) is 0 Å². The molecule has 2 aromatic rings. The van der Waals surface area contributed by atoms with Gasteiger partial charge in [-0.05, 0) is 48.3 Å². The van der Waals surface area contributed by atoms with Gasteiger partial charge < -0.3 is 10.0 Å². The number of nitrogens with one attached hydrogen (secondary N) is 2. The standard InChI is InChI=1S/C14H12FN3O3S/c1-9(19)16-10-2-5-12(6-3-10)22-17-11-4-7-13(15)14(8-11)18(20)21/h2-8,17H,1H3,(H,16,19). The van der Waals surface area contributed by atoms with Gasteiger partial charge in [-0.2, -0.15) is 4.39 Å². The van der Waals surface area contributed by atoms with Gasteiger partial charge >= 0.3 is 5.69 Å². The van der Waals surface area contributed by atoms with E-state index in [9.17, 15) is 19.3 Å². The quantitative estimate of drug-likeness (QED) is 0.497. The minimum absolute atomic E-state index is 0.155. The van der Waals surface area contributed by atoms with Crippen LogP contribution in [0.5, 0.6) is 0 Å². The zero-order valence-corrected chi connectivity index (χ0v) is 12.3. The van der Waals surface area contributed by atoms with Crippen molar-refractivity contribution in [1.29, 1.82) is 0 Å². The molecule has 0 aliphatic heterocycles. The maximum absolute atomic E-state index is 13.2. The molecule has 0 saturated heterocycles. The Morgan fingerprint density at radius 2 is 1.82 bits per heavy atom. The van der Waals surface area contributed by atoms with Crippen LogP contribution in [0.4, 0.5) is 21.5 Å². The molecule has 2 aromatic carbocycles. The molecule has 0 bridgehead atoms. The molecule has 0 saturated carbocycles. The van der Waals surface area contributed by atoms with Gasteiger partial charge in [0, 0.05) is 23.6 Å². The number of benzene rings is 2. The third-order valence-corrected chi connectivity index (χ3v) is 3.45. The van der Waals surface area contributed by atoms with Crippen molar-refractivity contribution in [3.05, 3.63) is 58.4 Å². The summed E-state index contributed by atoms with van der Waals surface area (Å²) in [5, 5.41) is 13.3. The lowest BCUT2D eigenvalue weighted by molar-refractivity contribution is -0.387. The van der Waals surface area contributed by atoms with Gasteiger partial charge in [0.1, 0.15) is 0 Å².